The largest absolute Gasteiger partial charge is 0.488 e. The Balaban J connectivity index is 1.75. The van der Waals surface area contributed by atoms with Crippen molar-refractivity contribution in [1.82, 2.24) is 5.43 Å². The summed E-state index contributed by atoms with van der Waals surface area (Å²) in [6.07, 6.45) is 3.10. The SMILES string of the molecule is C=CCOc1ccc(C=NNC(=O)CCC(=O)Nc2ccc(F)cc2)cc1Br. The minimum Gasteiger partial charge on any atom is -0.488 e. The summed E-state index contributed by atoms with van der Waals surface area (Å²) in [7, 11) is 0. The molecule has 8 heteroatoms. The molecule has 2 aromatic carbocycles. The Hall–Kier alpha value is -3.00. The molecule has 2 aromatic rings. The average Bonchev–Trinajstić information content (AvgIpc) is 2.67. The number of ether oxygens (including phenoxy) is 1. The zero-order chi connectivity index (χ0) is 20.4. The van der Waals surface area contributed by atoms with Crippen molar-refractivity contribution in [3.63, 3.8) is 0 Å². The number of nitrogens with zero attached hydrogens (tertiary/aromatic N) is 1. The Morgan fingerprint density at radius 1 is 1.14 bits per heavy atom. The maximum atomic E-state index is 12.8. The lowest BCUT2D eigenvalue weighted by molar-refractivity contribution is -0.124. The number of hydrogen-bond acceptors (Lipinski definition) is 4. The van der Waals surface area contributed by atoms with E-state index in [1.54, 1.807) is 24.3 Å². The van der Waals surface area contributed by atoms with Gasteiger partial charge in [0.05, 0.1) is 10.7 Å². The van der Waals surface area contributed by atoms with Crippen LogP contribution in [0, 0.1) is 5.82 Å². The van der Waals surface area contributed by atoms with E-state index in [1.807, 2.05) is 0 Å². The van der Waals surface area contributed by atoms with Gasteiger partial charge < -0.3 is 10.1 Å². The van der Waals surface area contributed by atoms with Gasteiger partial charge in [-0.15, -0.1) is 0 Å². The number of halogens is 2. The third-order valence-corrected chi connectivity index (χ3v) is 4.04. The topological polar surface area (TPSA) is 79.8 Å². The van der Waals surface area contributed by atoms with Crippen molar-refractivity contribution in [2.45, 2.75) is 12.8 Å². The highest BCUT2D eigenvalue weighted by Gasteiger charge is 2.07. The van der Waals surface area contributed by atoms with Gasteiger partial charge in [-0.2, -0.15) is 5.10 Å². The number of benzene rings is 2. The fraction of sp³-hybridized carbons (Fsp3) is 0.150. The summed E-state index contributed by atoms with van der Waals surface area (Å²) < 4.78 is 19.0. The van der Waals surface area contributed by atoms with Gasteiger partial charge in [-0.25, -0.2) is 9.82 Å². The van der Waals surface area contributed by atoms with Crippen LogP contribution in [0.25, 0.3) is 0 Å². The first-order chi connectivity index (χ1) is 13.5. The van der Waals surface area contributed by atoms with Crippen LogP contribution in [0.1, 0.15) is 18.4 Å². The van der Waals surface area contributed by atoms with Crippen LogP contribution < -0.4 is 15.5 Å². The van der Waals surface area contributed by atoms with Gasteiger partial charge in [-0.1, -0.05) is 12.7 Å². The molecule has 0 aliphatic rings. The third kappa shape index (κ3) is 7.32. The molecule has 0 aliphatic carbocycles. The Labute approximate surface area is 170 Å². The number of carbonyl (C=O) groups excluding carboxylic acids is 2. The maximum absolute atomic E-state index is 12.8. The van der Waals surface area contributed by atoms with Crippen molar-refractivity contribution in [3.05, 3.63) is 71.0 Å². The summed E-state index contributed by atoms with van der Waals surface area (Å²) in [6, 6.07) is 10.7. The second-order valence-electron chi connectivity index (χ2n) is 5.64. The molecule has 6 nitrogen and oxygen atoms in total. The number of amides is 2. The third-order valence-electron chi connectivity index (χ3n) is 3.42. The van der Waals surface area contributed by atoms with E-state index >= 15 is 0 Å². The van der Waals surface area contributed by atoms with Gasteiger partial charge in [0.1, 0.15) is 18.2 Å². The smallest absolute Gasteiger partial charge is 0.240 e. The van der Waals surface area contributed by atoms with Gasteiger partial charge in [-0.05, 0) is 64.0 Å². The molecule has 0 saturated carbocycles. The van der Waals surface area contributed by atoms with Gasteiger partial charge in [0, 0.05) is 18.5 Å². The van der Waals surface area contributed by atoms with Crippen molar-refractivity contribution in [1.29, 1.82) is 0 Å². The van der Waals surface area contributed by atoms with Crippen LogP contribution in [-0.2, 0) is 9.59 Å². The molecule has 0 atom stereocenters. The summed E-state index contributed by atoms with van der Waals surface area (Å²) in [5.41, 5.74) is 3.59. The molecular weight excluding hydrogens is 429 g/mol. The van der Waals surface area contributed by atoms with Crippen LogP contribution in [0.5, 0.6) is 5.75 Å². The van der Waals surface area contributed by atoms with Crippen molar-refractivity contribution >= 4 is 39.6 Å². The van der Waals surface area contributed by atoms with E-state index < -0.39 is 5.91 Å². The molecule has 0 aromatic heterocycles. The van der Waals surface area contributed by atoms with Crippen LogP contribution in [0.4, 0.5) is 10.1 Å². The molecule has 0 radical (unpaired) electrons. The van der Waals surface area contributed by atoms with Crippen LogP contribution in [-0.4, -0.2) is 24.6 Å². The standard InChI is InChI=1S/C20H19BrFN3O3/c1-2-11-28-18-8-3-14(12-17(18)21)13-23-25-20(27)10-9-19(26)24-16-6-4-15(22)5-7-16/h2-8,12-13H,1,9-11H2,(H,24,26)(H,25,27). The van der Waals surface area contributed by atoms with E-state index in [0.717, 1.165) is 10.0 Å². The van der Waals surface area contributed by atoms with Gasteiger partial charge in [0.2, 0.25) is 11.8 Å². The van der Waals surface area contributed by atoms with Crippen molar-refractivity contribution in [3.8, 4) is 5.75 Å². The number of rotatable bonds is 9. The van der Waals surface area contributed by atoms with Crippen LogP contribution in [0.3, 0.4) is 0 Å². The Morgan fingerprint density at radius 3 is 2.54 bits per heavy atom. The number of nitrogens with one attached hydrogen (secondary N) is 2. The monoisotopic (exact) mass is 447 g/mol. The van der Waals surface area contributed by atoms with Crippen molar-refractivity contribution < 1.29 is 18.7 Å². The van der Waals surface area contributed by atoms with Gasteiger partial charge in [0.15, 0.2) is 0 Å². The molecule has 2 rings (SSSR count). The van der Waals surface area contributed by atoms with Crippen LogP contribution >= 0.6 is 15.9 Å². The van der Waals surface area contributed by atoms with Gasteiger partial charge >= 0.3 is 0 Å². The summed E-state index contributed by atoms with van der Waals surface area (Å²) >= 11 is 3.40. The van der Waals surface area contributed by atoms with Crippen LogP contribution in [0.2, 0.25) is 0 Å². The van der Waals surface area contributed by atoms with Crippen molar-refractivity contribution in [2.75, 3.05) is 11.9 Å². The summed E-state index contributed by atoms with van der Waals surface area (Å²) in [6.45, 7) is 3.99. The molecule has 0 fully saturated rings. The molecule has 146 valence electrons. The van der Waals surface area contributed by atoms with E-state index in [-0.39, 0.29) is 24.6 Å². The molecule has 0 unspecified atom stereocenters. The van der Waals surface area contributed by atoms with E-state index in [4.69, 9.17) is 4.74 Å². The highest BCUT2D eigenvalue weighted by molar-refractivity contribution is 9.10. The number of carbonyl (C=O) groups is 2. The van der Waals surface area contributed by atoms with E-state index in [1.165, 1.54) is 30.5 Å². The molecule has 0 heterocycles. The fourth-order valence-corrected chi connectivity index (χ4v) is 2.59. The van der Waals surface area contributed by atoms with Gasteiger partial charge in [-0.3, -0.25) is 9.59 Å². The first-order valence-corrected chi connectivity index (χ1v) is 9.18. The number of hydrogen-bond donors (Lipinski definition) is 2. The Kier molecular flexibility index (Phi) is 8.36. The first kappa shape index (κ1) is 21.3. The molecular formula is C20H19BrFN3O3. The second-order valence-corrected chi connectivity index (χ2v) is 6.49. The minimum absolute atomic E-state index is 0.0143. The first-order valence-electron chi connectivity index (χ1n) is 8.38. The molecule has 28 heavy (non-hydrogen) atoms. The summed E-state index contributed by atoms with van der Waals surface area (Å²) in [5, 5.41) is 6.46. The second kappa shape index (κ2) is 11.0. The summed E-state index contributed by atoms with van der Waals surface area (Å²) in [5.74, 6) is -0.449. The average molecular weight is 448 g/mol. The molecule has 0 spiro atoms. The molecule has 0 aliphatic heterocycles. The highest BCUT2D eigenvalue weighted by Crippen LogP contribution is 2.25. The molecule has 2 N–H and O–H groups in total. The molecule has 0 bridgehead atoms. The zero-order valence-electron chi connectivity index (χ0n) is 15.0. The van der Waals surface area contributed by atoms with Crippen molar-refractivity contribution in [2.24, 2.45) is 5.10 Å². The van der Waals surface area contributed by atoms with E-state index in [9.17, 15) is 14.0 Å². The predicted molar refractivity (Wildman–Crippen MR) is 110 cm³/mol. The highest BCUT2D eigenvalue weighted by atomic mass is 79.9. The lowest BCUT2D eigenvalue weighted by atomic mass is 10.2. The lowest BCUT2D eigenvalue weighted by Crippen LogP contribution is -2.20. The molecule has 0 saturated heterocycles. The molecule has 2 amide bonds. The predicted octanol–water partition coefficient (Wildman–Crippen LogP) is 4.02. The maximum Gasteiger partial charge on any atom is 0.240 e. The fourth-order valence-electron chi connectivity index (χ4n) is 2.08. The number of hydrazone groups is 1. The number of anilines is 1. The Bertz CT molecular complexity index is 869. The summed E-state index contributed by atoms with van der Waals surface area (Å²) in [4.78, 5) is 23.6. The minimum atomic E-state index is -0.393. The lowest BCUT2D eigenvalue weighted by Gasteiger charge is -2.06. The van der Waals surface area contributed by atoms with Crippen LogP contribution in [0.15, 0.2) is 64.7 Å². The van der Waals surface area contributed by atoms with E-state index in [2.05, 4.69) is 38.4 Å². The Morgan fingerprint density at radius 2 is 1.86 bits per heavy atom. The quantitative estimate of drug-likeness (QED) is 0.346. The zero-order valence-corrected chi connectivity index (χ0v) is 16.5. The van der Waals surface area contributed by atoms with E-state index in [0.29, 0.717) is 18.0 Å². The van der Waals surface area contributed by atoms with Gasteiger partial charge in [0.25, 0.3) is 0 Å². The normalized spacial score (nSPS) is 10.5.